The Morgan fingerprint density at radius 1 is 1.15 bits per heavy atom. The fraction of sp³-hybridized carbons (Fsp3) is 0.333. The van der Waals surface area contributed by atoms with Crippen LogP contribution in [0.3, 0.4) is 0 Å². The molecule has 0 unspecified atom stereocenters. The van der Waals surface area contributed by atoms with Gasteiger partial charge in [0.05, 0.1) is 22.0 Å². The molecule has 27 heavy (non-hydrogen) atoms. The Kier molecular flexibility index (Phi) is 5.76. The predicted octanol–water partition coefficient (Wildman–Crippen LogP) is 4.04. The number of para-hydroxylation sites is 1. The van der Waals surface area contributed by atoms with Crippen LogP contribution >= 0.6 is 23.1 Å². The number of rotatable bonds is 5. The first-order valence-electron chi connectivity index (χ1n) is 9.16. The zero-order chi connectivity index (χ0) is 18.6. The van der Waals surface area contributed by atoms with Gasteiger partial charge in [-0.3, -0.25) is 4.79 Å². The van der Waals surface area contributed by atoms with Crippen LogP contribution in [0.15, 0.2) is 54.6 Å². The van der Waals surface area contributed by atoms with Crippen molar-refractivity contribution in [3.8, 4) is 0 Å². The fourth-order valence-corrected chi connectivity index (χ4v) is 5.40. The summed E-state index contributed by atoms with van der Waals surface area (Å²) in [6.45, 7) is 2.60. The maximum atomic E-state index is 12.9. The third kappa shape index (κ3) is 4.34. The van der Waals surface area contributed by atoms with E-state index in [9.17, 15) is 4.79 Å². The van der Waals surface area contributed by atoms with Crippen molar-refractivity contribution in [1.29, 1.82) is 0 Å². The van der Waals surface area contributed by atoms with Gasteiger partial charge in [-0.1, -0.05) is 42.5 Å². The number of amides is 1. The van der Waals surface area contributed by atoms with Crippen LogP contribution in [0.5, 0.6) is 0 Å². The molecule has 4 nitrogen and oxygen atoms in total. The highest BCUT2D eigenvalue weighted by molar-refractivity contribution is 7.99. The summed E-state index contributed by atoms with van der Waals surface area (Å²) < 4.78 is 1.21. The molecule has 1 amide bonds. The van der Waals surface area contributed by atoms with Gasteiger partial charge in [-0.2, -0.15) is 0 Å². The van der Waals surface area contributed by atoms with Gasteiger partial charge in [0.25, 0.3) is 0 Å². The average Bonchev–Trinajstić information content (AvgIpc) is 3.11. The van der Waals surface area contributed by atoms with E-state index in [-0.39, 0.29) is 11.9 Å². The average molecular weight is 398 g/mol. The predicted molar refractivity (Wildman–Crippen MR) is 114 cm³/mol. The first-order valence-corrected chi connectivity index (χ1v) is 11.1. The van der Waals surface area contributed by atoms with Crippen molar-refractivity contribution in [2.75, 3.05) is 32.4 Å². The second-order valence-corrected chi connectivity index (χ2v) is 8.94. The number of nitrogens with zero attached hydrogens (tertiary/aromatic N) is 3. The smallest absolute Gasteiger partial charge is 0.233 e. The van der Waals surface area contributed by atoms with Gasteiger partial charge >= 0.3 is 0 Å². The van der Waals surface area contributed by atoms with Crippen molar-refractivity contribution in [2.24, 2.45) is 0 Å². The second kappa shape index (κ2) is 8.42. The van der Waals surface area contributed by atoms with Gasteiger partial charge in [0.1, 0.15) is 5.01 Å². The van der Waals surface area contributed by atoms with Gasteiger partial charge in [-0.25, -0.2) is 4.98 Å². The molecular weight excluding hydrogens is 374 g/mol. The maximum Gasteiger partial charge on any atom is 0.233 e. The lowest BCUT2D eigenvalue weighted by molar-refractivity contribution is -0.133. The highest BCUT2D eigenvalue weighted by Crippen LogP contribution is 2.27. The molecule has 1 aliphatic rings. The molecule has 1 aromatic heterocycles. The summed E-state index contributed by atoms with van der Waals surface area (Å²) in [5.74, 6) is 1.51. The standard InChI is InChI=1S/C21H23N3OS2/c1-23-11-12-24(18(13-23)16-7-3-2-4-8-16)21(25)15-26-14-20-22-17-9-5-6-10-19(17)27-20/h2-10,18H,11-15H2,1H3/t18-/m1/s1. The summed E-state index contributed by atoms with van der Waals surface area (Å²) in [6.07, 6.45) is 0. The SMILES string of the molecule is CN1CCN(C(=O)CSCc2nc3ccccc3s2)[C@@H](c2ccccc2)C1. The van der Waals surface area contributed by atoms with Gasteiger partial charge < -0.3 is 9.80 Å². The van der Waals surface area contributed by atoms with Crippen LogP contribution < -0.4 is 0 Å². The number of aromatic nitrogens is 1. The first kappa shape index (κ1) is 18.5. The van der Waals surface area contributed by atoms with E-state index >= 15 is 0 Å². The van der Waals surface area contributed by atoms with E-state index in [2.05, 4.69) is 52.2 Å². The molecule has 0 saturated carbocycles. The Labute approximate surface area is 168 Å². The summed E-state index contributed by atoms with van der Waals surface area (Å²) in [5, 5.41) is 1.09. The van der Waals surface area contributed by atoms with E-state index in [4.69, 9.17) is 0 Å². The molecule has 4 rings (SSSR count). The van der Waals surface area contributed by atoms with E-state index in [0.29, 0.717) is 5.75 Å². The summed E-state index contributed by atoms with van der Waals surface area (Å²) >= 11 is 3.38. The third-order valence-electron chi connectivity index (χ3n) is 4.88. The lowest BCUT2D eigenvalue weighted by Gasteiger charge is -2.40. The number of piperazine rings is 1. The zero-order valence-electron chi connectivity index (χ0n) is 15.4. The fourth-order valence-electron chi connectivity index (χ4n) is 3.47. The minimum absolute atomic E-state index is 0.139. The first-order chi connectivity index (χ1) is 13.2. The molecule has 0 spiro atoms. The Morgan fingerprint density at radius 3 is 2.74 bits per heavy atom. The van der Waals surface area contributed by atoms with Crippen LogP contribution in [-0.2, 0) is 10.5 Å². The molecule has 1 saturated heterocycles. The number of benzene rings is 2. The monoisotopic (exact) mass is 397 g/mol. The maximum absolute atomic E-state index is 12.9. The molecule has 1 aliphatic heterocycles. The van der Waals surface area contributed by atoms with Gasteiger partial charge in [0.15, 0.2) is 0 Å². The molecule has 0 aliphatic carbocycles. The van der Waals surface area contributed by atoms with Crippen molar-refractivity contribution >= 4 is 39.2 Å². The van der Waals surface area contributed by atoms with Gasteiger partial charge in [0.2, 0.25) is 5.91 Å². The molecule has 1 fully saturated rings. The second-order valence-electron chi connectivity index (χ2n) is 6.84. The van der Waals surface area contributed by atoms with E-state index < -0.39 is 0 Å². The zero-order valence-corrected chi connectivity index (χ0v) is 17.0. The molecule has 3 aromatic rings. The number of carbonyl (C=O) groups excluding carboxylic acids is 1. The van der Waals surface area contributed by atoms with Gasteiger partial charge in [-0.15, -0.1) is 23.1 Å². The Bertz CT molecular complexity index is 879. The van der Waals surface area contributed by atoms with Crippen molar-refractivity contribution < 1.29 is 4.79 Å². The minimum atomic E-state index is 0.139. The normalized spacial score (nSPS) is 18.1. The summed E-state index contributed by atoms with van der Waals surface area (Å²) in [7, 11) is 2.12. The number of fused-ring (bicyclic) bond motifs is 1. The van der Waals surface area contributed by atoms with E-state index in [0.717, 1.165) is 35.9 Å². The minimum Gasteiger partial charge on any atom is -0.332 e. The number of hydrogen-bond acceptors (Lipinski definition) is 5. The van der Waals surface area contributed by atoms with Crippen LogP contribution in [0.4, 0.5) is 0 Å². The lowest BCUT2D eigenvalue weighted by atomic mass is 10.0. The molecule has 0 radical (unpaired) electrons. The van der Waals surface area contributed by atoms with Crippen LogP contribution in [0, 0.1) is 0 Å². The van der Waals surface area contributed by atoms with E-state index in [1.165, 1.54) is 10.3 Å². The van der Waals surface area contributed by atoms with Gasteiger partial charge in [0, 0.05) is 25.4 Å². The molecule has 0 N–H and O–H groups in total. The van der Waals surface area contributed by atoms with Crippen LogP contribution in [-0.4, -0.2) is 53.1 Å². The molecule has 0 bridgehead atoms. The molecule has 2 heterocycles. The summed E-state index contributed by atoms with van der Waals surface area (Å²) in [5.41, 5.74) is 2.27. The highest BCUT2D eigenvalue weighted by Gasteiger charge is 2.29. The van der Waals surface area contributed by atoms with Crippen molar-refractivity contribution in [3.63, 3.8) is 0 Å². The van der Waals surface area contributed by atoms with Crippen LogP contribution in [0.1, 0.15) is 16.6 Å². The molecule has 2 aromatic carbocycles. The summed E-state index contributed by atoms with van der Waals surface area (Å²) in [4.78, 5) is 21.9. The topological polar surface area (TPSA) is 36.4 Å². The number of thiazole rings is 1. The Balaban J connectivity index is 1.38. The Morgan fingerprint density at radius 2 is 1.93 bits per heavy atom. The number of thioether (sulfide) groups is 1. The van der Waals surface area contributed by atoms with Crippen molar-refractivity contribution in [1.82, 2.24) is 14.8 Å². The van der Waals surface area contributed by atoms with Gasteiger partial charge in [-0.05, 0) is 24.7 Å². The largest absolute Gasteiger partial charge is 0.332 e. The lowest BCUT2D eigenvalue weighted by Crippen LogP contribution is -2.49. The molecule has 1 atom stereocenters. The highest BCUT2D eigenvalue weighted by atomic mass is 32.2. The molecule has 6 heteroatoms. The number of carbonyl (C=O) groups is 1. The van der Waals surface area contributed by atoms with E-state index in [1.54, 1.807) is 23.1 Å². The van der Waals surface area contributed by atoms with E-state index in [1.807, 2.05) is 24.3 Å². The number of likely N-dealkylation sites (N-methyl/N-ethyl adjacent to an activating group) is 1. The third-order valence-corrected chi connectivity index (χ3v) is 7.03. The quantitative estimate of drug-likeness (QED) is 0.651. The van der Waals surface area contributed by atoms with Crippen molar-refractivity contribution in [3.05, 3.63) is 65.2 Å². The molecule has 140 valence electrons. The van der Waals surface area contributed by atoms with Crippen LogP contribution in [0.25, 0.3) is 10.2 Å². The van der Waals surface area contributed by atoms with Crippen LogP contribution in [0.2, 0.25) is 0 Å². The molecular formula is C21H23N3OS2. The Hall–Kier alpha value is -1.89. The number of hydrogen-bond donors (Lipinski definition) is 0. The van der Waals surface area contributed by atoms with Crippen molar-refractivity contribution in [2.45, 2.75) is 11.8 Å². The summed E-state index contributed by atoms with van der Waals surface area (Å²) in [6, 6.07) is 18.7.